The van der Waals surface area contributed by atoms with Gasteiger partial charge < -0.3 is 20.0 Å². The average Bonchev–Trinajstić information content (AvgIpc) is 3.22. The van der Waals surface area contributed by atoms with Gasteiger partial charge in [-0.2, -0.15) is 0 Å². The van der Waals surface area contributed by atoms with Crippen LogP contribution in [0.15, 0.2) is 78.9 Å². The van der Waals surface area contributed by atoms with Crippen LogP contribution in [0.3, 0.4) is 0 Å². The van der Waals surface area contributed by atoms with Crippen molar-refractivity contribution in [1.82, 2.24) is 9.80 Å². The Morgan fingerprint density at radius 1 is 0.865 bits per heavy atom. The van der Waals surface area contributed by atoms with Crippen molar-refractivity contribution in [3.05, 3.63) is 95.6 Å². The second-order valence-electron chi connectivity index (χ2n) is 9.53. The predicted octanol–water partition coefficient (Wildman–Crippen LogP) is 4.46. The molecule has 5 rings (SSSR count). The Labute approximate surface area is 216 Å². The van der Waals surface area contributed by atoms with Crippen molar-refractivity contribution in [1.29, 1.82) is 0 Å². The van der Waals surface area contributed by atoms with Crippen molar-refractivity contribution in [2.24, 2.45) is 5.92 Å². The number of carboxylic acids is 2. The van der Waals surface area contributed by atoms with Crippen molar-refractivity contribution in [2.45, 2.75) is 25.8 Å². The predicted molar refractivity (Wildman–Crippen MR) is 142 cm³/mol. The molecule has 3 aromatic carbocycles. The zero-order chi connectivity index (χ0) is 26.2. The summed E-state index contributed by atoms with van der Waals surface area (Å²) < 4.78 is 0. The molecule has 3 aromatic rings. The van der Waals surface area contributed by atoms with Gasteiger partial charge >= 0.3 is 11.9 Å². The summed E-state index contributed by atoms with van der Waals surface area (Å²) in [6.45, 7) is 5.10. The maximum absolute atomic E-state index is 12.6. The topological polar surface area (TPSA) is 98.1 Å². The van der Waals surface area contributed by atoms with E-state index < -0.39 is 11.9 Å². The number of benzene rings is 3. The number of fused-ring (bicyclic) bond motifs is 2. The molecule has 192 valence electrons. The van der Waals surface area contributed by atoms with Gasteiger partial charge in [0.15, 0.2) is 0 Å². The minimum Gasteiger partial charge on any atom is -0.478 e. The van der Waals surface area contributed by atoms with E-state index in [1.54, 1.807) is 0 Å². The van der Waals surface area contributed by atoms with E-state index in [1.807, 2.05) is 18.2 Å². The van der Waals surface area contributed by atoms with Crippen LogP contribution in [0.4, 0.5) is 0 Å². The van der Waals surface area contributed by atoms with Gasteiger partial charge in [0, 0.05) is 37.3 Å². The zero-order valence-corrected chi connectivity index (χ0v) is 20.8. The van der Waals surface area contributed by atoms with E-state index >= 15 is 0 Å². The summed E-state index contributed by atoms with van der Waals surface area (Å²) in [6.07, 6.45) is 4.60. The Balaban J connectivity index is 0.000000349. The quantitative estimate of drug-likeness (QED) is 0.465. The van der Waals surface area contributed by atoms with Gasteiger partial charge in [-0.05, 0) is 66.2 Å². The second kappa shape index (κ2) is 12.3. The molecule has 2 aliphatic heterocycles. The van der Waals surface area contributed by atoms with Crippen LogP contribution in [0.25, 0.3) is 10.8 Å². The molecule has 0 saturated carbocycles. The highest BCUT2D eigenvalue weighted by atomic mass is 16.4. The number of hydrogen-bond donors (Lipinski definition) is 2. The minimum atomic E-state index is -1.26. The Bertz CT molecular complexity index is 1270. The lowest BCUT2D eigenvalue weighted by Crippen LogP contribution is -2.39. The maximum Gasteiger partial charge on any atom is 0.328 e. The van der Waals surface area contributed by atoms with Crippen molar-refractivity contribution in [2.75, 3.05) is 26.2 Å². The third-order valence-electron chi connectivity index (χ3n) is 7.03. The van der Waals surface area contributed by atoms with Gasteiger partial charge in [-0.1, -0.05) is 60.7 Å². The third-order valence-corrected chi connectivity index (χ3v) is 7.03. The van der Waals surface area contributed by atoms with Gasteiger partial charge in [0.2, 0.25) is 0 Å². The van der Waals surface area contributed by atoms with Gasteiger partial charge in [-0.25, -0.2) is 9.59 Å². The van der Waals surface area contributed by atoms with E-state index in [9.17, 15) is 14.4 Å². The van der Waals surface area contributed by atoms with Gasteiger partial charge in [-0.3, -0.25) is 4.79 Å². The molecule has 2 heterocycles. The van der Waals surface area contributed by atoms with Crippen LogP contribution in [0, 0.1) is 5.92 Å². The van der Waals surface area contributed by atoms with Gasteiger partial charge in [0.1, 0.15) is 0 Å². The van der Waals surface area contributed by atoms with E-state index in [0.717, 1.165) is 44.7 Å². The molecule has 0 unspecified atom stereocenters. The molecule has 2 aliphatic rings. The monoisotopic (exact) mass is 500 g/mol. The first-order valence-electron chi connectivity index (χ1n) is 12.6. The van der Waals surface area contributed by atoms with Gasteiger partial charge in [0.05, 0.1) is 0 Å². The van der Waals surface area contributed by atoms with E-state index in [4.69, 9.17) is 10.2 Å². The summed E-state index contributed by atoms with van der Waals surface area (Å²) in [5, 5.41) is 18.3. The van der Waals surface area contributed by atoms with E-state index in [0.29, 0.717) is 18.1 Å². The molecule has 0 radical (unpaired) electrons. The zero-order valence-electron chi connectivity index (χ0n) is 20.8. The molecule has 0 aromatic heterocycles. The molecule has 0 bridgehead atoms. The first-order valence-corrected chi connectivity index (χ1v) is 12.6. The fourth-order valence-corrected chi connectivity index (χ4v) is 5.10. The van der Waals surface area contributed by atoms with Crippen LogP contribution in [-0.2, 0) is 22.6 Å². The molecule has 2 N–H and O–H groups in total. The van der Waals surface area contributed by atoms with Crippen molar-refractivity contribution in [3.8, 4) is 0 Å². The maximum atomic E-state index is 12.6. The number of nitrogens with zero attached hydrogens (tertiary/aromatic N) is 2. The minimum absolute atomic E-state index is 0.221. The first kappa shape index (κ1) is 26.1. The summed E-state index contributed by atoms with van der Waals surface area (Å²) in [4.78, 5) is 36.4. The lowest BCUT2D eigenvalue weighted by molar-refractivity contribution is -0.134. The summed E-state index contributed by atoms with van der Waals surface area (Å²) in [6, 6.07) is 23.4. The lowest BCUT2D eigenvalue weighted by atomic mass is 9.95. The third kappa shape index (κ3) is 7.05. The molecule has 0 spiro atoms. The number of rotatable bonds is 7. The molecule has 37 heavy (non-hydrogen) atoms. The Kier molecular flexibility index (Phi) is 8.69. The molecular formula is C30H32N2O5. The molecule has 0 atom stereocenters. The number of carbonyl (C=O) groups excluding carboxylic acids is 1. The lowest BCUT2D eigenvalue weighted by Gasteiger charge is -2.34. The number of likely N-dealkylation sites (tertiary alicyclic amines) is 1. The molecule has 1 saturated heterocycles. The number of hydrogen-bond acceptors (Lipinski definition) is 4. The molecule has 1 amide bonds. The van der Waals surface area contributed by atoms with Crippen LogP contribution < -0.4 is 0 Å². The molecule has 7 heteroatoms. The second-order valence-corrected chi connectivity index (χ2v) is 9.53. The van der Waals surface area contributed by atoms with Crippen LogP contribution >= 0.6 is 0 Å². The highest BCUT2D eigenvalue weighted by molar-refractivity contribution is 5.98. The molecular weight excluding hydrogens is 468 g/mol. The highest BCUT2D eigenvalue weighted by Gasteiger charge is 2.30. The molecule has 0 aliphatic carbocycles. The average molecular weight is 501 g/mol. The fourth-order valence-electron chi connectivity index (χ4n) is 5.10. The van der Waals surface area contributed by atoms with E-state index in [-0.39, 0.29) is 5.91 Å². The standard InChI is InChI=1S/C26H28N2O.C4H4O4/c29-26-25-11-4-2-7-23(25)19-28(26)18-20-12-15-27(16-13-20)17-14-22-9-5-8-21-6-1-3-10-24(21)22;5-3(6)1-2-4(7)8/h1-11,20H,12-19H2;1-2H,(H,5,6)(H,7,8)/b;2-1+. The number of aliphatic carboxylic acids is 2. The first-order chi connectivity index (χ1) is 17.9. The summed E-state index contributed by atoms with van der Waals surface area (Å²) >= 11 is 0. The van der Waals surface area contributed by atoms with Gasteiger partial charge in [0.25, 0.3) is 5.91 Å². The van der Waals surface area contributed by atoms with E-state index in [1.165, 1.54) is 34.7 Å². The van der Waals surface area contributed by atoms with Crippen molar-refractivity contribution < 1.29 is 24.6 Å². The largest absolute Gasteiger partial charge is 0.478 e. The SMILES string of the molecule is O=C(O)/C=C/C(=O)O.O=C1c2ccccc2CN1CC1CCN(CCc2cccc3ccccc23)CC1. The molecule has 7 nitrogen and oxygen atoms in total. The van der Waals surface area contributed by atoms with Crippen LogP contribution in [0.1, 0.15) is 34.3 Å². The summed E-state index contributed by atoms with van der Waals surface area (Å²) in [5.41, 5.74) is 3.54. The van der Waals surface area contributed by atoms with Crippen LogP contribution in [0.2, 0.25) is 0 Å². The van der Waals surface area contributed by atoms with Crippen LogP contribution in [0.5, 0.6) is 0 Å². The number of piperidine rings is 1. The molecule has 1 fully saturated rings. The smallest absolute Gasteiger partial charge is 0.328 e. The highest BCUT2D eigenvalue weighted by Crippen LogP contribution is 2.26. The van der Waals surface area contributed by atoms with E-state index in [2.05, 4.69) is 58.3 Å². The summed E-state index contributed by atoms with van der Waals surface area (Å²) in [7, 11) is 0. The summed E-state index contributed by atoms with van der Waals surface area (Å²) in [5.74, 6) is -1.67. The van der Waals surface area contributed by atoms with Crippen LogP contribution in [-0.4, -0.2) is 64.0 Å². The Morgan fingerprint density at radius 2 is 1.51 bits per heavy atom. The van der Waals surface area contributed by atoms with Gasteiger partial charge in [-0.15, -0.1) is 0 Å². The normalized spacial score (nSPS) is 16.0. The fraction of sp³-hybridized carbons (Fsp3) is 0.300. The Hall–Kier alpha value is -3.97. The number of carboxylic acid groups (broad SMARTS) is 2. The van der Waals surface area contributed by atoms with Crippen molar-refractivity contribution >= 4 is 28.6 Å². The van der Waals surface area contributed by atoms with Crippen molar-refractivity contribution in [3.63, 3.8) is 0 Å². The number of carbonyl (C=O) groups is 3. The Morgan fingerprint density at radius 3 is 2.22 bits per heavy atom. The number of amides is 1.